The number of allylic oxidation sites excluding steroid dienone is 3. The van der Waals surface area contributed by atoms with Gasteiger partial charge in [0.1, 0.15) is 0 Å². The van der Waals surface area contributed by atoms with Crippen LogP contribution in [-0.2, 0) is 4.79 Å². The predicted octanol–water partition coefficient (Wildman–Crippen LogP) is 2.19. The van der Waals surface area contributed by atoms with E-state index >= 15 is 0 Å². The number of nitrogens with zero attached hydrogens (tertiary/aromatic N) is 2. The van der Waals surface area contributed by atoms with Gasteiger partial charge in [0.2, 0.25) is 0 Å². The van der Waals surface area contributed by atoms with Gasteiger partial charge in [0.15, 0.2) is 0 Å². The lowest BCUT2D eigenvalue weighted by Gasteiger charge is -2.31. The summed E-state index contributed by atoms with van der Waals surface area (Å²) in [7, 11) is 0. The molecular formula is C16H16N2O2. The average Bonchev–Trinajstić information content (AvgIpc) is 2.78. The Labute approximate surface area is 117 Å². The highest BCUT2D eigenvalue weighted by atomic mass is 16.4. The van der Waals surface area contributed by atoms with Crippen LogP contribution in [0.4, 0.5) is 0 Å². The Bertz CT molecular complexity index is 664. The van der Waals surface area contributed by atoms with Crippen molar-refractivity contribution in [3.05, 3.63) is 34.4 Å². The quantitative estimate of drug-likeness (QED) is 0.792. The lowest BCUT2D eigenvalue weighted by Crippen LogP contribution is -2.27. The number of aliphatic imine (C=N–C) groups is 2. The van der Waals surface area contributed by atoms with E-state index in [1.165, 1.54) is 16.9 Å². The van der Waals surface area contributed by atoms with Crippen LogP contribution in [0.25, 0.3) is 0 Å². The summed E-state index contributed by atoms with van der Waals surface area (Å²) in [4.78, 5) is 20.7. The van der Waals surface area contributed by atoms with E-state index in [2.05, 4.69) is 16.9 Å². The first-order chi connectivity index (χ1) is 9.65. The van der Waals surface area contributed by atoms with Gasteiger partial charge in [-0.05, 0) is 48.0 Å². The molecule has 20 heavy (non-hydrogen) atoms. The summed E-state index contributed by atoms with van der Waals surface area (Å²) < 4.78 is 0. The number of rotatable bonds is 1. The smallest absolute Gasteiger partial charge is 0.333 e. The zero-order chi connectivity index (χ0) is 13.9. The molecule has 0 aromatic rings. The minimum atomic E-state index is -0.847. The molecule has 2 aliphatic heterocycles. The highest BCUT2D eigenvalue weighted by Crippen LogP contribution is 2.45. The van der Waals surface area contributed by atoms with Crippen molar-refractivity contribution in [2.45, 2.75) is 25.8 Å². The van der Waals surface area contributed by atoms with E-state index < -0.39 is 5.97 Å². The van der Waals surface area contributed by atoms with Gasteiger partial charge in [-0.1, -0.05) is 6.92 Å². The summed E-state index contributed by atoms with van der Waals surface area (Å²) in [5, 5.41) is 9.51. The van der Waals surface area contributed by atoms with Gasteiger partial charge in [-0.15, -0.1) is 0 Å². The Morgan fingerprint density at radius 1 is 1.45 bits per heavy atom. The van der Waals surface area contributed by atoms with Gasteiger partial charge in [0.25, 0.3) is 0 Å². The molecule has 4 nitrogen and oxygen atoms in total. The van der Waals surface area contributed by atoms with Gasteiger partial charge in [0.05, 0.1) is 18.2 Å². The Hall–Kier alpha value is -1.97. The van der Waals surface area contributed by atoms with E-state index in [1.54, 1.807) is 6.21 Å². The predicted molar refractivity (Wildman–Crippen MR) is 77.3 cm³/mol. The minimum absolute atomic E-state index is 0.230. The number of carboxylic acid groups (broad SMARTS) is 1. The van der Waals surface area contributed by atoms with Crippen LogP contribution in [-0.4, -0.2) is 35.6 Å². The number of carboxylic acids is 1. The van der Waals surface area contributed by atoms with E-state index in [4.69, 9.17) is 0 Å². The van der Waals surface area contributed by atoms with Crippen molar-refractivity contribution >= 4 is 17.9 Å². The fourth-order valence-corrected chi connectivity index (χ4v) is 3.84. The van der Waals surface area contributed by atoms with Crippen molar-refractivity contribution in [3.63, 3.8) is 0 Å². The van der Waals surface area contributed by atoms with Gasteiger partial charge in [0, 0.05) is 17.5 Å². The second kappa shape index (κ2) is 4.01. The van der Waals surface area contributed by atoms with Gasteiger partial charge < -0.3 is 5.11 Å². The second-order valence-electron chi connectivity index (χ2n) is 5.99. The molecule has 102 valence electrons. The van der Waals surface area contributed by atoms with Crippen molar-refractivity contribution in [2.24, 2.45) is 21.8 Å². The molecule has 0 aromatic carbocycles. The van der Waals surface area contributed by atoms with Crippen LogP contribution < -0.4 is 0 Å². The fourth-order valence-electron chi connectivity index (χ4n) is 3.84. The maximum Gasteiger partial charge on any atom is 0.333 e. The molecule has 0 radical (unpaired) electrons. The van der Waals surface area contributed by atoms with Crippen LogP contribution in [0.3, 0.4) is 0 Å². The number of hydrogen-bond acceptors (Lipinski definition) is 3. The molecule has 0 spiro atoms. The molecule has 3 bridgehead atoms. The third-order valence-corrected chi connectivity index (χ3v) is 4.98. The largest absolute Gasteiger partial charge is 0.478 e. The summed E-state index contributed by atoms with van der Waals surface area (Å²) in [6, 6.07) is -0.230. The van der Waals surface area contributed by atoms with Crippen molar-refractivity contribution in [1.29, 1.82) is 0 Å². The highest BCUT2D eigenvalue weighted by molar-refractivity contribution is 6.10. The lowest BCUT2D eigenvalue weighted by molar-refractivity contribution is -0.132. The van der Waals surface area contributed by atoms with E-state index in [0.717, 1.165) is 18.4 Å². The number of fused-ring (bicyclic) bond motifs is 2. The lowest BCUT2D eigenvalue weighted by atomic mass is 9.73. The monoisotopic (exact) mass is 268 g/mol. The Morgan fingerprint density at radius 2 is 2.30 bits per heavy atom. The molecule has 0 aromatic heterocycles. The highest BCUT2D eigenvalue weighted by Gasteiger charge is 2.40. The van der Waals surface area contributed by atoms with Gasteiger partial charge in [-0.25, -0.2) is 4.79 Å². The van der Waals surface area contributed by atoms with Crippen LogP contribution in [0.5, 0.6) is 0 Å². The molecule has 3 atom stereocenters. The van der Waals surface area contributed by atoms with Gasteiger partial charge >= 0.3 is 5.97 Å². The molecule has 0 fully saturated rings. The molecule has 1 N–H and O–H groups in total. The summed E-state index contributed by atoms with van der Waals surface area (Å²) in [6.45, 7) is 2.92. The van der Waals surface area contributed by atoms with E-state index in [1.807, 2.05) is 12.2 Å². The van der Waals surface area contributed by atoms with Crippen LogP contribution >= 0.6 is 0 Å². The van der Waals surface area contributed by atoms with Crippen LogP contribution in [0.2, 0.25) is 0 Å². The van der Waals surface area contributed by atoms with Gasteiger partial charge in [-0.2, -0.15) is 0 Å². The number of aliphatic carboxylic acids is 1. The zero-order valence-corrected chi connectivity index (χ0v) is 11.3. The third-order valence-electron chi connectivity index (χ3n) is 4.98. The summed E-state index contributed by atoms with van der Waals surface area (Å²) >= 11 is 0. The minimum Gasteiger partial charge on any atom is -0.478 e. The van der Waals surface area contributed by atoms with Gasteiger partial charge in [-0.3, -0.25) is 9.98 Å². The number of carbonyl (C=O) groups is 1. The van der Waals surface area contributed by atoms with Crippen molar-refractivity contribution < 1.29 is 9.90 Å². The first-order valence-electron chi connectivity index (χ1n) is 7.10. The molecule has 4 rings (SSSR count). The number of hydrogen-bond donors (Lipinski definition) is 1. The Morgan fingerprint density at radius 3 is 3.10 bits per heavy atom. The average molecular weight is 268 g/mol. The molecule has 1 unspecified atom stereocenters. The maximum atomic E-state index is 11.6. The maximum absolute atomic E-state index is 11.6. The SMILES string of the molecule is CC1C2=C3C4=CC=N[C@@H](C[C@@H]1CC3=NC4)C(C(=O)O)=C2. The van der Waals surface area contributed by atoms with E-state index in [9.17, 15) is 9.90 Å². The van der Waals surface area contributed by atoms with Crippen molar-refractivity contribution in [3.8, 4) is 0 Å². The topological polar surface area (TPSA) is 62.0 Å². The molecular weight excluding hydrogens is 252 g/mol. The van der Waals surface area contributed by atoms with Crippen LogP contribution in [0.15, 0.2) is 44.4 Å². The summed E-state index contributed by atoms with van der Waals surface area (Å²) in [5.74, 6) is -0.0155. The molecule has 0 amide bonds. The zero-order valence-electron chi connectivity index (χ0n) is 11.3. The normalized spacial score (nSPS) is 34.0. The molecule has 0 saturated carbocycles. The van der Waals surface area contributed by atoms with E-state index in [-0.39, 0.29) is 6.04 Å². The standard InChI is InChI=1S/C16H16N2O2/c1-8-10-4-13-12(16(19)20)6-11(8)15-9(2-3-17-13)7-18-14(15)5-10/h2-3,6,8,10,13H,4-5,7H2,1H3,(H,19,20)/t8?,10-,13+/m1/s1. The third kappa shape index (κ3) is 1.51. The Balaban J connectivity index is 2.04. The molecule has 0 saturated heterocycles. The van der Waals surface area contributed by atoms with Crippen LogP contribution in [0, 0.1) is 11.8 Å². The molecule has 4 heteroatoms. The molecule has 2 aliphatic carbocycles. The summed E-state index contributed by atoms with van der Waals surface area (Å²) in [5.41, 5.74) is 5.15. The molecule has 4 aliphatic rings. The Kier molecular flexibility index (Phi) is 2.37. The first kappa shape index (κ1) is 11.8. The van der Waals surface area contributed by atoms with E-state index in [0.29, 0.717) is 24.0 Å². The summed E-state index contributed by atoms with van der Waals surface area (Å²) in [6.07, 6.45) is 7.43. The second-order valence-corrected chi connectivity index (χ2v) is 5.99. The van der Waals surface area contributed by atoms with Crippen LogP contribution in [0.1, 0.15) is 19.8 Å². The molecule has 2 heterocycles. The van der Waals surface area contributed by atoms with Crippen molar-refractivity contribution in [1.82, 2.24) is 0 Å². The fraction of sp³-hybridized carbons (Fsp3) is 0.438. The first-order valence-corrected chi connectivity index (χ1v) is 7.10. The van der Waals surface area contributed by atoms with Crippen molar-refractivity contribution in [2.75, 3.05) is 6.54 Å².